The summed E-state index contributed by atoms with van der Waals surface area (Å²) in [6.07, 6.45) is 4.58. The molecule has 4 aromatic rings. The van der Waals surface area contributed by atoms with E-state index >= 15 is 0 Å². The van der Waals surface area contributed by atoms with E-state index in [0.29, 0.717) is 11.5 Å². The van der Waals surface area contributed by atoms with Gasteiger partial charge in [0.25, 0.3) is 0 Å². The fourth-order valence-corrected chi connectivity index (χ4v) is 2.43. The number of nitrogens with zero attached hydrogens (tertiary/aromatic N) is 3. The highest BCUT2D eigenvalue weighted by molar-refractivity contribution is 5.88. The molecule has 0 radical (unpaired) electrons. The SMILES string of the molecule is Nc1c(Oc2cccnc2)ncnc1Oc1cccc2ccccc12. The Balaban J connectivity index is 1.68. The zero-order valence-corrected chi connectivity index (χ0v) is 13.2. The van der Waals surface area contributed by atoms with Crippen molar-refractivity contribution in [2.45, 2.75) is 0 Å². The van der Waals surface area contributed by atoms with E-state index in [1.54, 1.807) is 24.5 Å². The average molecular weight is 330 g/mol. The number of rotatable bonds is 4. The van der Waals surface area contributed by atoms with E-state index in [1.165, 1.54) is 6.33 Å². The van der Waals surface area contributed by atoms with Gasteiger partial charge in [-0.1, -0.05) is 36.4 Å². The van der Waals surface area contributed by atoms with Gasteiger partial charge in [0, 0.05) is 11.6 Å². The van der Waals surface area contributed by atoms with Crippen molar-refractivity contribution >= 4 is 16.5 Å². The highest BCUT2D eigenvalue weighted by Gasteiger charge is 2.13. The molecule has 0 aliphatic carbocycles. The average Bonchev–Trinajstić information content (AvgIpc) is 2.66. The summed E-state index contributed by atoms with van der Waals surface area (Å²) in [6.45, 7) is 0. The molecule has 6 nitrogen and oxygen atoms in total. The molecule has 0 fully saturated rings. The van der Waals surface area contributed by atoms with Gasteiger partial charge >= 0.3 is 0 Å². The van der Waals surface area contributed by atoms with Crippen molar-refractivity contribution in [3.63, 3.8) is 0 Å². The highest BCUT2D eigenvalue weighted by Crippen LogP contribution is 2.35. The fourth-order valence-electron chi connectivity index (χ4n) is 2.43. The zero-order valence-electron chi connectivity index (χ0n) is 13.2. The van der Waals surface area contributed by atoms with Crippen LogP contribution in [0.2, 0.25) is 0 Å². The van der Waals surface area contributed by atoms with Crippen molar-refractivity contribution in [1.29, 1.82) is 0 Å². The maximum Gasteiger partial charge on any atom is 0.249 e. The molecule has 0 aliphatic rings. The van der Waals surface area contributed by atoms with E-state index < -0.39 is 0 Å². The maximum atomic E-state index is 6.13. The lowest BCUT2D eigenvalue weighted by Gasteiger charge is -2.12. The first-order chi connectivity index (χ1) is 12.3. The lowest BCUT2D eigenvalue weighted by molar-refractivity contribution is 0.439. The maximum absolute atomic E-state index is 6.13. The molecule has 4 rings (SSSR count). The Hall–Kier alpha value is -3.67. The Morgan fingerprint density at radius 3 is 2.44 bits per heavy atom. The minimum atomic E-state index is 0.221. The number of hydrogen-bond donors (Lipinski definition) is 1. The largest absolute Gasteiger partial charge is 0.436 e. The van der Waals surface area contributed by atoms with Gasteiger partial charge in [0.1, 0.15) is 17.8 Å². The van der Waals surface area contributed by atoms with Gasteiger partial charge in [0.15, 0.2) is 5.69 Å². The van der Waals surface area contributed by atoms with Crippen LogP contribution in [-0.2, 0) is 0 Å². The third-order valence-corrected chi connectivity index (χ3v) is 3.62. The van der Waals surface area contributed by atoms with Crippen LogP contribution in [-0.4, -0.2) is 15.0 Å². The van der Waals surface area contributed by atoms with E-state index in [4.69, 9.17) is 15.2 Å². The van der Waals surface area contributed by atoms with E-state index in [2.05, 4.69) is 15.0 Å². The molecule has 0 atom stereocenters. The van der Waals surface area contributed by atoms with Gasteiger partial charge < -0.3 is 15.2 Å². The van der Waals surface area contributed by atoms with Gasteiger partial charge in [0.2, 0.25) is 11.8 Å². The zero-order chi connectivity index (χ0) is 17.1. The molecule has 2 aromatic heterocycles. The smallest absolute Gasteiger partial charge is 0.249 e. The highest BCUT2D eigenvalue weighted by atomic mass is 16.5. The quantitative estimate of drug-likeness (QED) is 0.604. The van der Waals surface area contributed by atoms with Crippen LogP contribution in [0.3, 0.4) is 0 Å². The summed E-state index contributed by atoms with van der Waals surface area (Å²) >= 11 is 0. The number of nitrogen functional groups attached to an aromatic ring is 1. The molecule has 122 valence electrons. The second-order valence-corrected chi connectivity index (χ2v) is 5.27. The minimum absolute atomic E-state index is 0.221. The van der Waals surface area contributed by atoms with Crippen molar-refractivity contribution in [2.24, 2.45) is 0 Å². The van der Waals surface area contributed by atoms with Crippen molar-refractivity contribution < 1.29 is 9.47 Å². The first-order valence-electron chi connectivity index (χ1n) is 7.65. The van der Waals surface area contributed by atoms with Crippen molar-refractivity contribution in [1.82, 2.24) is 15.0 Å². The Labute approximate surface area is 143 Å². The number of ether oxygens (including phenoxy) is 2. The van der Waals surface area contributed by atoms with Crippen molar-refractivity contribution in [3.8, 4) is 23.3 Å². The number of nitrogens with two attached hydrogens (primary N) is 1. The van der Waals surface area contributed by atoms with Gasteiger partial charge in [-0.3, -0.25) is 4.98 Å². The number of fused-ring (bicyclic) bond motifs is 1. The van der Waals surface area contributed by atoms with E-state index in [0.717, 1.165) is 10.8 Å². The van der Waals surface area contributed by atoms with Gasteiger partial charge in [-0.25, -0.2) is 0 Å². The summed E-state index contributed by atoms with van der Waals surface area (Å²) in [4.78, 5) is 12.2. The van der Waals surface area contributed by atoms with Crippen LogP contribution in [0.25, 0.3) is 10.8 Å². The minimum Gasteiger partial charge on any atom is -0.436 e. The normalized spacial score (nSPS) is 10.6. The second-order valence-electron chi connectivity index (χ2n) is 5.27. The molecule has 25 heavy (non-hydrogen) atoms. The summed E-state index contributed by atoms with van der Waals surface area (Å²) < 4.78 is 11.6. The van der Waals surface area contributed by atoms with E-state index in [-0.39, 0.29) is 17.4 Å². The number of hydrogen-bond acceptors (Lipinski definition) is 6. The van der Waals surface area contributed by atoms with Gasteiger partial charge in [-0.2, -0.15) is 9.97 Å². The molecule has 2 heterocycles. The van der Waals surface area contributed by atoms with Crippen LogP contribution in [0.4, 0.5) is 5.69 Å². The summed E-state index contributed by atoms with van der Waals surface area (Å²) in [5.41, 5.74) is 6.35. The predicted molar refractivity (Wildman–Crippen MR) is 94.8 cm³/mol. The van der Waals surface area contributed by atoms with Crippen molar-refractivity contribution in [3.05, 3.63) is 73.3 Å². The van der Waals surface area contributed by atoms with Crippen LogP contribution >= 0.6 is 0 Å². The standard InChI is InChI=1S/C19H14N4O2/c20-17-18(24-14-7-4-10-21-11-14)22-12-23-19(17)25-16-9-3-6-13-5-1-2-8-15(13)16/h1-12H,20H2. The molecular weight excluding hydrogens is 316 g/mol. The molecule has 6 heteroatoms. The summed E-state index contributed by atoms with van der Waals surface area (Å²) in [6, 6.07) is 17.3. The molecule has 0 amide bonds. The summed E-state index contributed by atoms with van der Waals surface area (Å²) in [7, 11) is 0. The molecule has 0 saturated heterocycles. The summed E-state index contributed by atoms with van der Waals surface area (Å²) in [5, 5.41) is 2.04. The first kappa shape index (κ1) is 14.9. The molecule has 0 unspecified atom stereocenters. The fraction of sp³-hybridized carbons (Fsp3) is 0. The molecule has 0 spiro atoms. The third-order valence-electron chi connectivity index (χ3n) is 3.62. The Morgan fingerprint density at radius 2 is 1.60 bits per heavy atom. The number of benzene rings is 2. The predicted octanol–water partition coefficient (Wildman–Crippen LogP) is 4.19. The van der Waals surface area contributed by atoms with E-state index in [1.807, 2.05) is 42.5 Å². The molecule has 0 bridgehead atoms. The van der Waals surface area contributed by atoms with Crippen LogP contribution in [0.5, 0.6) is 23.3 Å². The van der Waals surface area contributed by atoms with Gasteiger partial charge in [0.05, 0.1) is 6.20 Å². The van der Waals surface area contributed by atoms with Crippen LogP contribution in [0, 0.1) is 0 Å². The van der Waals surface area contributed by atoms with Crippen LogP contribution in [0.15, 0.2) is 73.3 Å². The third kappa shape index (κ3) is 3.05. The Morgan fingerprint density at radius 1 is 0.800 bits per heavy atom. The van der Waals surface area contributed by atoms with Crippen LogP contribution in [0.1, 0.15) is 0 Å². The molecule has 2 N–H and O–H groups in total. The lowest BCUT2D eigenvalue weighted by atomic mass is 10.1. The van der Waals surface area contributed by atoms with Crippen molar-refractivity contribution in [2.75, 3.05) is 5.73 Å². The molecule has 2 aromatic carbocycles. The van der Waals surface area contributed by atoms with E-state index in [9.17, 15) is 0 Å². The molecular formula is C19H14N4O2. The Bertz CT molecular complexity index is 1020. The number of aromatic nitrogens is 3. The van der Waals surface area contributed by atoms with Crippen LogP contribution < -0.4 is 15.2 Å². The summed E-state index contributed by atoms with van der Waals surface area (Å²) in [5.74, 6) is 1.66. The number of pyridine rings is 1. The molecule has 0 aliphatic heterocycles. The van der Waals surface area contributed by atoms with Gasteiger partial charge in [-0.15, -0.1) is 0 Å². The number of anilines is 1. The lowest BCUT2D eigenvalue weighted by Crippen LogP contribution is -2.00. The topological polar surface area (TPSA) is 83.2 Å². The first-order valence-corrected chi connectivity index (χ1v) is 7.65. The Kier molecular flexibility index (Phi) is 3.84. The monoisotopic (exact) mass is 330 g/mol. The van der Waals surface area contributed by atoms with Gasteiger partial charge in [-0.05, 0) is 23.6 Å². The molecule has 0 saturated carbocycles. The second kappa shape index (κ2) is 6.45.